The van der Waals surface area contributed by atoms with Crippen molar-refractivity contribution in [3.63, 3.8) is 0 Å². The van der Waals surface area contributed by atoms with Gasteiger partial charge < -0.3 is 10.2 Å². The maximum absolute atomic E-state index is 11.0. The number of carbonyl (C=O) groups is 2. The van der Waals surface area contributed by atoms with Crippen LogP contribution in [0.15, 0.2) is 109 Å². The van der Waals surface area contributed by atoms with Gasteiger partial charge in [0.05, 0.1) is 6.42 Å². The molecule has 0 fully saturated rings. The van der Waals surface area contributed by atoms with Gasteiger partial charge in [0.15, 0.2) is 0 Å². The Morgan fingerprint density at radius 1 is 0.452 bits per heavy atom. The fraction of sp³-hybridized carbons (Fsp3) is 0.105. The number of benzene rings is 8. The van der Waals surface area contributed by atoms with Gasteiger partial charge in [-0.1, -0.05) is 109 Å². The molecule has 2 N–H and O–H groups in total. The van der Waals surface area contributed by atoms with E-state index in [2.05, 4.69) is 91.0 Å². The summed E-state index contributed by atoms with van der Waals surface area (Å²) in [5.41, 5.74) is 2.12. The molecule has 42 heavy (non-hydrogen) atoms. The summed E-state index contributed by atoms with van der Waals surface area (Å²) in [5, 5.41) is 32.6. The standard InChI is InChI=1S/C20H16O2.C18H12O2/c21-18(22)6-2-3-13-7-8-16-10-9-14-4-1-5-15-11-12-17(13)20(16)19(14)15;19-16(20)10-14-7-6-13-5-4-11-2-1-3-12-8-9-15(14)18(13)17(11)12/h1,4-5,7-12H,2-3,6H2,(H,21,22);1-9H,10H2,(H,19,20). The molecule has 0 spiro atoms. The third kappa shape index (κ3) is 4.42. The Morgan fingerprint density at radius 2 is 0.857 bits per heavy atom. The van der Waals surface area contributed by atoms with Crippen LogP contribution < -0.4 is 0 Å². The maximum atomic E-state index is 11.0. The van der Waals surface area contributed by atoms with Crippen molar-refractivity contribution in [1.29, 1.82) is 0 Å². The molecule has 0 unspecified atom stereocenters. The third-order valence-corrected chi connectivity index (χ3v) is 8.42. The molecule has 8 aromatic rings. The Labute approximate surface area is 242 Å². The zero-order valence-corrected chi connectivity index (χ0v) is 22.9. The topological polar surface area (TPSA) is 74.6 Å². The van der Waals surface area contributed by atoms with Crippen LogP contribution in [0.5, 0.6) is 0 Å². The molecule has 4 nitrogen and oxygen atoms in total. The minimum absolute atomic E-state index is 0.0637. The highest BCUT2D eigenvalue weighted by Crippen LogP contribution is 2.37. The lowest BCUT2D eigenvalue weighted by molar-refractivity contribution is -0.137. The van der Waals surface area contributed by atoms with Crippen LogP contribution in [0.3, 0.4) is 0 Å². The Balaban J connectivity index is 0.000000138. The first-order valence-electron chi connectivity index (χ1n) is 14.2. The highest BCUT2D eigenvalue weighted by atomic mass is 16.4. The minimum Gasteiger partial charge on any atom is -0.481 e. The van der Waals surface area contributed by atoms with Gasteiger partial charge in [-0.15, -0.1) is 0 Å². The second-order valence-electron chi connectivity index (χ2n) is 11.0. The first-order chi connectivity index (χ1) is 20.5. The zero-order chi connectivity index (χ0) is 28.8. The van der Waals surface area contributed by atoms with Gasteiger partial charge in [0.25, 0.3) is 0 Å². The number of carboxylic acid groups (broad SMARTS) is 2. The molecule has 4 heteroatoms. The van der Waals surface area contributed by atoms with Crippen molar-refractivity contribution >= 4 is 76.6 Å². The smallest absolute Gasteiger partial charge is 0.307 e. The largest absolute Gasteiger partial charge is 0.481 e. The number of rotatable bonds is 6. The van der Waals surface area contributed by atoms with E-state index in [1.54, 1.807) is 0 Å². The van der Waals surface area contributed by atoms with Crippen molar-refractivity contribution in [1.82, 2.24) is 0 Å². The Bertz CT molecular complexity index is 2230. The molecule has 0 saturated heterocycles. The van der Waals surface area contributed by atoms with Crippen LogP contribution in [0, 0.1) is 0 Å². The SMILES string of the molecule is O=C(O)CCCc1ccc2ccc3cccc4ccc1c2c34.O=C(O)Cc1ccc2ccc3cccc4ccc1c2c34. The van der Waals surface area contributed by atoms with Crippen LogP contribution >= 0.6 is 0 Å². The van der Waals surface area contributed by atoms with Gasteiger partial charge in [-0.2, -0.15) is 0 Å². The van der Waals surface area contributed by atoms with E-state index >= 15 is 0 Å². The first kappa shape index (κ1) is 25.7. The summed E-state index contributed by atoms with van der Waals surface area (Å²) in [6.45, 7) is 0. The van der Waals surface area contributed by atoms with Gasteiger partial charge in [0, 0.05) is 6.42 Å². The Kier molecular flexibility index (Phi) is 6.32. The fourth-order valence-electron chi connectivity index (χ4n) is 6.56. The third-order valence-electron chi connectivity index (χ3n) is 8.42. The van der Waals surface area contributed by atoms with E-state index < -0.39 is 11.9 Å². The van der Waals surface area contributed by atoms with Gasteiger partial charge >= 0.3 is 11.9 Å². The van der Waals surface area contributed by atoms with Crippen molar-refractivity contribution in [3.8, 4) is 0 Å². The highest BCUT2D eigenvalue weighted by Gasteiger charge is 2.13. The highest BCUT2D eigenvalue weighted by molar-refractivity contribution is 6.24. The summed E-state index contributed by atoms with van der Waals surface area (Å²) in [5.74, 6) is -1.52. The number of hydrogen-bond donors (Lipinski definition) is 2. The molecule has 0 aliphatic rings. The monoisotopic (exact) mass is 548 g/mol. The molecule has 0 radical (unpaired) electrons. The van der Waals surface area contributed by atoms with Gasteiger partial charge in [0.1, 0.15) is 0 Å². The maximum Gasteiger partial charge on any atom is 0.307 e. The zero-order valence-electron chi connectivity index (χ0n) is 22.9. The number of aliphatic carboxylic acids is 2. The summed E-state index contributed by atoms with van der Waals surface area (Å²) in [7, 11) is 0. The van der Waals surface area contributed by atoms with Crippen LogP contribution in [-0.2, 0) is 22.4 Å². The van der Waals surface area contributed by atoms with Gasteiger partial charge in [-0.05, 0) is 88.6 Å². The molecule has 0 amide bonds. The van der Waals surface area contributed by atoms with Gasteiger partial charge in [-0.25, -0.2) is 0 Å². The lowest BCUT2D eigenvalue weighted by Crippen LogP contribution is -2.01. The van der Waals surface area contributed by atoms with Gasteiger partial charge in [-0.3, -0.25) is 9.59 Å². The summed E-state index contributed by atoms with van der Waals surface area (Å²) in [6, 6.07) is 38.0. The van der Waals surface area contributed by atoms with Crippen LogP contribution in [0.2, 0.25) is 0 Å². The van der Waals surface area contributed by atoms with E-state index in [0.29, 0.717) is 6.42 Å². The van der Waals surface area contributed by atoms with E-state index in [1.807, 2.05) is 18.2 Å². The average Bonchev–Trinajstić information content (AvgIpc) is 3.00. The molecule has 0 aliphatic heterocycles. The first-order valence-corrected chi connectivity index (χ1v) is 14.2. The Hall–Kier alpha value is -5.22. The van der Waals surface area contributed by atoms with Gasteiger partial charge in [0.2, 0.25) is 0 Å². The number of carboxylic acids is 2. The molecule has 0 aliphatic carbocycles. The Morgan fingerprint density at radius 3 is 1.33 bits per heavy atom. The fourth-order valence-corrected chi connectivity index (χ4v) is 6.56. The van der Waals surface area contributed by atoms with E-state index in [0.717, 1.165) is 17.4 Å². The second kappa shape index (κ2) is 10.3. The van der Waals surface area contributed by atoms with Crippen molar-refractivity contribution < 1.29 is 19.8 Å². The molecule has 8 rings (SSSR count). The normalized spacial score (nSPS) is 11.6. The number of aryl methyl sites for hydroxylation is 1. The quantitative estimate of drug-likeness (QED) is 0.203. The molecule has 0 heterocycles. The van der Waals surface area contributed by atoms with E-state index in [9.17, 15) is 9.59 Å². The summed E-state index contributed by atoms with van der Waals surface area (Å²) in [6.07, 6.45) is 1.77. The predicted octanol–water partition coefficient (Wildman–Crippen LogP) is 9.20. The molecule has 204 valence electrons. The van der Waals surface area contributed by atoms with Crippen LogP contribution in [-0.4, -0.2) is 22.2 Å². The summed E-state index contributed by atoms with van der Waals surface area (Å²) < 4.78 is 0. The predicted molar refractivity (Wildman–Crippen MR) is 172 cm³/mol. The molecular formula is C38H28O4. The number of hydrogen-bond acceptors (Lipinski definition) is 2. The van der Waals surface area contributed by atoms with Crippen LogP contribution in [0.25, 0.3) is 64.6 Å². The molecule has 0 atom stereocenters. The van der Waals surface area contributed by atoms with Crippen LogP contribution in [0.4, 0.5) is 0 Å². The summed E-state index contributed by atoms with van der Waals surface area (Å²) in [4.78, 5) is 21.8. The van der Waals surface area contributed by atoms with E-state index in [-0.39, 0.29) is 12.8 Å². The molecular weight excluding hydrogens is 520 g/mol. The van der Waals surface area contributed by atoms with Crippen molar-refractivity contribution in [2.24, 2.45) is 0 Å². The summed E-state index contributed by atoms with van der Waals surface area (Å²) >= 11 is 0. The van der Waals surface area contributed by atoms with Crippen molar-refractivity contribution in [3.05, 3.63) is 120 Å². The lowest BCUT2D eigenvalue weighted by Gasteiger charge is -2.13. The van der Waals surface area contributed by atoms with Crippen LogP contribution in [0.1, 0.15) is 24.0 Å². The average molecular weight is 549 g/mol. The second-order valence-corrected chi connectivity index (χ2v) is 11.0. The molecule has 0 aromatic heterocycles. The van der Waals surface area contributed by atoms with E-state index in [4.69, 9.17) is 10.2 Å². The lowest BCUT2D eigenvalue weighted by atomic mass is 9.90. The molecule has 0 bridgehead atoms. The van der Waals surface area contributed by atoms with Crippen molar-refractivity contribution in [2.45, 2.75) is 25.7 Å². The minimum atomic E-state index is -0.792. The van der Waals surface area contributed by atoms with Crippen molar-refractivity contribution in [2.75, 3.05) is 0 Å². The molecule has 8 aromatic carbocycles. The van der Waals surface area contributed by atoms with E-state index in [1.165, 1.54) is 64.8 Å². The molecule has 0 saturated carbocycles.